The normalized spacial score (nSPS) is 13.9. The molecule has 0 aromatic rings. The zero-order chi connectivity index (χ0) is 26.9. The van der Waals surface area contributed by atoms with Crippen molar-refractivity contribution in [2.45, 2.75) is 159 Å². The lowest BCUT2D eigenvalue weighted by molar-refractivity contribution is 0.144. The molecular weight excluding hydrogens is 462 g/mol. The average molecular weight is 523 g/mol. The minimum atomic E-state index is -0.890. The van der Waals surface area contributed by atoms with Crippen LogP contribution < -0.4 is 0 Å². The van der Waals surface area contributed by atoms with E-state index in [0.717, 1.165) is 0 Å². The molecule has 0 spiro atoms. The predicted octanol–water partition coefficient (Wildman–Crippen LogP) is 7.95. The highest BCUT2D eigenvalue weighted by molar-refractivity contribution is 7.47. The fraction of sp³-hybridized carbons (Fsp3) is 1.00. The molecule has 0 aromatic heterocycles. The van der Waals surface area contributed by atoms with Crippen molar-refractivity contribution < 1.29 is 9.05 Å². The van der Waals surface area contributed by atoms with Crippen molar-refractivity contribution in [1.29, 1.82) is 0 Å². The van der Waals surface area contributed by atoms with Crippen LogP contribution in [0.25, 0.3) is 0 Å². The Morgan fingerprint density at radius 3 is 0.618 bits per heavy atom. The van der Waals surface area contributed by atoms with Gasteiger partial charge >= 0.3 is 0 Å². The molecule has 0 saturated heterocycles. The van der Waals surface area contributed by atoms with Crippen LogP contribution in [0.5, 0.6) is 0 Å². The van der Waals surface area contributed by atoms with E-state index in [9.17, 15) is 0 Å². The van der Waals surface area contributed by atoms with Gasteiger partial charge < -0.3 is 9.05 Å². The second kappa shape index (κ2) is 16.5. The Balaban J connectivity index is 5.77. The van der Waals surface area contributed by atoms with Gasteiger partial charge in [0.25, 0.3) is 0 Å². The Morgan fingerprint density at radius 2 is 0.500 bits per heavy atom. The Bertz CT molecular complexity index is 413. The van der Waals surface area contributed by atoms with Crippen LogP contribution in [0, 0.1) is 0 Å². The zero-order valence-electron chi connectivity index (χ0n) is 25.5. The maximum Gasteiger partial charge on any atom is 0.189 e. The monoisotopic (exact) mass is 522 g/mol. The number of hydrogen-bond acceptors (Lipinski definition) is 6. The molecule has 0 aliphatic rings. The maximum atomic E-state index is 6.73. The largest absolute Gasteiger partial charge is 0.329 e. The van der Waals surface area contributed by atoms with Crippen LogP contribution in [0.3, 0.4) is 0 Å². The number of rotatable bonds is 17. The van der Waals surface area contributed by atoms with Crippen LogP contribution in [0.15, 0.2) is 0 Å². The summed E-state index contributed by atoms with van der Waals surface area (Å²) in [5.74, 6) is 0. The summed E-state index contributed by atoms with van der Waals surface area (Å²) in [6.45, 7) is 37.6. The van der Waals surface area contributed by atoms with Crippen molar-refractivity contribution >= 4 is 16.9 Å². The van der Waals surface area contributed by atoms with Crippen LogP contribution in [0.1, 0.15) is 111 Å². The zero-order valence-corrected chi connectivity index (χ0v) is 27.3. The van der Waals surface area contributed by atoms with Gasteiger partial charge in [0.1, 0.15) is 0 Å². The summed E-state index contributed by atoms with van der Waals surface area (Å²) in [4.78, 5) is 0. The summed E-state index contributed by atoms with van der Waals surface area (Å²) in [6, 6.07) is 3.33. The second-order valence-corrected chi connectivity index (χ2v) is 14.8. The molecule has 0 N–H and O–H groups in total. The molecule has 0 saturated carbocycles. The summed E-state index contributed by atoms with van der Waals surface area (Å²) in [6.07, 6.45) is 0. The van der Waals surface area contributed by atoms with Gasteiger partial charge in [0, 0.05) is 48.3 Å². The van der Waals surface area contributed by atoms with Gasteiger partial charge in [0.15, 0.2) is 16.9 Å². The highest BCUT2D eigenvalue weighted by Crippen LogP contribution is 2.52. The van der Waals surface area contributed by atoms with Crippen molar-refractivity contribution in [2.24, 2.45) is 0 Å². The van der Waals surface area contributed by atoms with E-state index < -0.39 is 16.9 Å². The molecule has 0 heterocycles. The predicted molar refractivity (Wildman–Crippen MR) is 154 cm³/mol. The number of hydrogen-bond donors (Lipinski definition) is 0. The first kappa shape index (κ1) is 34.6. The third-order valence-corrected chi connectivity index (χ3v) is 11.6. The lowest BCUT2D eigenvalue weighted by Crippen LogP contribution is -2.44. The van der Waals surface area contributed by atoms with E-state index in [0.29, 0.717) is 61.5 Å². The van der Waals surface area contributed by atoms with E-state index in [1.165, 1.54) is 0 Å². The second-order valence-electron chi connectivity index (χ2n) is 11.4. The van der Waals surface area contributed by atoms with Gasteiger partial charge in [0.2, 0.25) is 0 Å². The fourth-order valence-electron chi connectivity index (χ4n) is 4.71. The van der Waals surface area contributed by atoms with Gasteiger partial charge in [-0.1, -0.05) is 0 Å². The molecule has 0 aliphatic heterocycles. The lowest BCUT2D eigenvalue weighted by Gasteiger charge is -2.46. The molecular formula is C26H60N4O2P2. The third kappa shape index (κ3) is 10.5. The highest BCUT2D eigenvalue weighted by Gasteiger charge is 2.36. The van der Waals surface area contributed by atoms with Crippen LogP contribution in [0.2, 0.25) is 0 Å². The van der Waals surface area contributed by atoms with E-state index >= 15 is 0 Å². The standard InChI is InChI=1S/C26H60N4O2P2/c1-19(2)27(20(3)4)33(28(21(5)6)22(7)8)31-17-18-32-34(29(23(9)10)24(11)12)30(25(13)14)26(15)16/h19-26H,17-18H2,1-16H3. The molecule has 6 nitrogen and oxygen atoms in total. The topological polar surface area (TPSA) is 31.4 Å². The number of nitrogens with zero attached hydrogens (tertiary/aromatic N) is 4. The Kier molecular flexibility index (Phi) is 16.8. The molecule has 0 aromatic carbocycles. The molecule has 0 bridgehead atoms. The van der Waals surface area contributed by atoms with Crippen LogP contribution in [-0.4, -0.2) is 80.2 Å². The summed E-state index contributed by atoms with van der Waals surface area (Å²) >= 11 is 0. The summed E-state index contributed by atoms with van der Waals surface area (Å²) in [5.41, 5.74) is 0. The molecule has 0 unspecified atom stereocenters. The van der Waals surface area contributed by atoms with Gasteiger partial charge in [0.05, 0.1) is 13.2 Å². The molecule has 8 heteroatoms. The molecule has 0 aliphatic carbocycles. The van der Waals surface area contributed by atoms with Gasteiger partial charge in [-0.2, -0.15) is 0 Å². The van der Waals surface area contributed by atoms with Crippen molar-refractivity contribution in [3.8, 4) is 0 Å². The van der Waals surface area contributed by atoms with E-state index in [2.05, 4.69) is 129 Å². The molecule has 0 atom stereocenters. The molecule has 0 radical (unpaired) electrons. The molecule has 0 fully saturated rings. The van der Waals surface area contributed by atoms with E-state index in [1.807, 2.05) is 0 Å². The SMILES string of the molecule is CC(C)N(C(C)C)P(OCCOP(N(C(C)C)C(C)C)N(C(C)C)C(C)C)N(C(C)C)C(C)C. The molecule has 206 valence electrons. The van der Waals surface area contributed by atoms with Crippen molar-refractivity contribution in [3.05, 3.63) is 0 Å². The first-order valence-corrected chi connectivity index (χ1v) is 15.9. The van der Waals surface area contributed by atoms with Crippen LogP contribution >= 0.6 is 16.9 Å². The Labute approximate surface area is 217 Å². The van der Waals surface area contributed by atoms with Gasteiger partial charge in [-0.25, -0.2) is 18.7 Å². The lowest BCUT2D eigenvalue weighted by atomic mass is 10.3. The van der Waals surface area contributed by atoms with E-state index in [-0.39, 0.29) is 0 Å². The van der Waals surface area contributed by atoms with E-state index in [4.69, 9.17) is 9.05 Å². The highest BCUT2D eigenvalue weighted by atomic mass is 31.2. The Morgan fingerprint density at radius 1 is 0.353 bits per heavy atom. The van der Waals surface area contributed by atoms with Crippen molar-refractivity contribution in [3.63, 3.8) is 0 Å². The third-order valence-electron chi connectivity index (χ3n) is 5.52. The molecule has 0 amide bonds. The average Bonchev–Trinajstić information content (AvgIpc) is 2.62. The summed E-state index contributed by atoms with van der Waals surface area (Å²) in [5, 5.41) is 0. The van der Waals surface area contributed by atoms with Crippen LogP contribution in [0.4, 0.5) is 0 Å². The van der Waals surface area contributed by atoms with Gasteiger partial charge in [-0.3, -0.25) is 0 Å². The van der Waals surface area contributed by atoms with Gasteiger partial charge in [-0.15, -0.1) is 0 Å². The van der Waals surface area contributed by atoms with Gasteiger partial charge in [-0.05, 0) is 111 Å². The van der Waals surface area contributed by atoms with Crippen LogP contribution in [-0.2, 0) is 9.05 Å². The first-order valence-electron chi connectivity index (χ1n) is 13.5. The summed E-state index contributed by atoms with van der Waals surface area (Å²) in [7, 11) is -1.78. The quantitative estimate of drug-likeness (QED) is 0.142. The Hall–Kier alpha value is 0.620. The summed E-state index contributed by atoms with van der Waals surface area (Å²) < 4.78 is 23.6. The molecule has 34 heavy (non-hydrogen) atoms. The minimum Gasteiger partial charge on any atom is -0.329 e. The van der Waals surface area contributed by atoms with Crippen molar-refractivity contribution in [1.82, 2.24) is 18.7 Å². The first-order chi connectivity index (χ1) is 15.6. The maximum absolute atomic E-state index is 6.73. The van der Waals surface area contributed by atoms with E-state index in [1.54, 1.807) is 0 Å². The van der Waals surface area contributed by atoms with Crippen molar-refractivity contribution in [2.75, 3.05) is 13.2 Å². The minimum absolute atomic E-state index is 0.416. The smallest absolute Gasteiger partial charge is 0.189 e. The fourth-order valence-corrected chi connectivity index (χ4v) is 9.36. The molecule has 0 rings (SSSR count).